The predicted octanol–water partition coefficient (Wildman–Crippen LogP) is 3.81. The van der Waals surface area contributed by atoms with E-state index in [0.29, 0.717) is 11.3 Å². The Morgan fingerprint density at radius 3 is 1.88 bits per heavy atom. The molecule has 1 amide bonds. The van der Waals surface area contributed by atoms with Crippen LogP contribution in [0.1, 0.15) is 75.9 Å². The summed E-state index contributed by atoms with van der Waals surface area (Å²) in [6.45, 7) is 14.4. The maximum absolute atomic E-state index is 12.9. The number of carbonyl (C=O) groups is 1. The average Bonchev–Trinajstić information content (AvgIpc) is 2.47. The molecule has 0 aliphatic carbocycles. The Morgan fingerprint density at radius 2 is 1.48 bits per heavy atom. The fourth-order valence-electron chi connectivity index (χ4n) is 3.33. The Kier molecular flexibility index (Phi) is 5.53. The van der Waals surface area contributed by atoms with E-state index >= 15 is 0 Å². The third-order valence-corrected chi connectivity index (χ3v) is 5.04. The van der Waals surface area contributed by atoms with Gasteiger partial charge < -0.3 is 15.3 Å². The number of likely N-dealkylation sites (tertiary alicyclic amines) is 1. The number of carbonyl (C=O) groups excluding carboxylic acids is 1. The maximum atomic E-state index is 12.9. The van der Waals surface area contributed by atoms with Crippen LogP contribution in [0.15, 0.2) is 12.1 Å². The van der Waals surface area contributed by atoms with Crippen LogP contribution < -0.4 is 5.32 Å². The Bertz CT molecular complexity index is 595. The van der Waals surface area contributed by atoms with Gasteiger partial charge in [-0.05, 0) is 55.9 Å². The van der Waals surface area contributed by atoms with Gasteiger partial charge in [-0.2, -0.15) is 0 Å². The van der Waals surface area contributed by atoms with Gasteiger partial charge in [0.2, 0.25) is 0 Å². The van der Waals surface area contributed by atoms with E-state index in [4.69, 9.17) is 0 Å². The summed E-state index contributed by atoms with van der Waals surface area (Å²) in [7, 11) is 2.11. The summed E-state index contributed by atoms with van der Waals surface area (Å²) in [5, 5.41) is 14.0. The molecule has 0 unspecified atom stereocenters. The average molecular weight is 347 g/mol. The van der Waals surface area contributed by atoms with E-state index in [-0.39, 0.29) is 22.8 Å². The van der Waals surface area contributed by atoms with Gasteiger partial charge in [-0.1, -0.05) is 41.5 Å². The van der Waals surface area contributed by atoms with E-state index in [1.807, 2.05) is 12.1 Å². The van der Waals surface area contributed by atoms with Crippen molar-refractivity contribution in [2.45, 2.75) is 71.3 Å². The number of rotatable bonds is 2. The fraction of sp³-hybridized carbons (Fsp3) is 0.667. The molecule has 0 atom stereocenters. The molecule has 1 aliphatic rings. The van der Waals surface area contributed by atoms with Crippen LogP contribution in [0.5, 0.6) is 5.75 Å². The molecule has 1 aromatic carbocycles. The van der Waals surface area contributed by atoms with Crippen molar-refractivity contribution in [1.82, 2.24) is 10.2 Å². The molecule has 2 rings (SSSR count). The van der Waals surface area contributed by atoms with Crippen molar-refractivity contribution < 1.29 is 9.90 Å². The largest absolute Gasteiger partial charge is 0.507 e. The zero-order valence-corrected chi connectivity index (χ0v) is 16.9. The number of nitrogens with zero attached hydrogens (tertiary/aromatic N) is 1. The lowest BCUT2D eigenvalue weighted by atomic mass is 9.78. The van der Waals surface area contributed by atoms with E-state index in [2.05, 4.69) is 58.8 Å². The van der Waals surface area contributed by atoms with Gasteiger partial charge in [0.15, 0.2) is 0 Å². The van der Waals surface area contributed by atoms with Crippen LogP contribution in [0.3, 0.4) is 0 Å². The molecule has 25 heavy (non-hydrogen) atoms. The van der Waals surface area contributed by atoms with Crippen LogP contribution in [-0.4, -0.2) is 42.1 Å². The number of phenols is 1. The third-order valence-electron chi connectivity index (χ3n) is 5.04. The Morgan fingerprint density at radius 1 is 1.04 bits per heavy atom. The van der Waals surface area contributed by atoms with Crippen molar-refractivity contribution in [3.05, 3.63) is 28.8 Å². The van der Waals surface area contributed by atoms with Crippen molar-refractivity contribution >= 4 is 5.91 Å². The molecule has 1 aromatic rings. The van der Waals surface area contributed by atoms with E-state index in [1.54, 1.807) is 0 Å². The Hall–Kier alpha value is -1.55. The summed E-state index contributed by atoms with van der Waals surface area (Å²) in [4.78, 5) is 15.1. The molecule has 1 aliphatic heterocycles. The standard InChI is InChI=1S/C21H34N2O2/c1-20(2,3)16-12-14(13-17(18(16)24)21(4,5)6)19(25)22-15-8-10-23(7)11-9-15/h12-13,15,24H,8-11H2,1-7H3,(H,22,25). The van der Waals surface area contributed by atoms with Gasteiger partial charge in [0.25, 0.3) is 5.91 Å². The zero-order valence-electron chi connectivity index (χ0n) is 16.9. The molecule has 1 heterocycles. The fourth-order valence-corrected chi connectivity index (χ4v) is 3.33. The van der Waals surface area contributed by atoms with E-state index in [9.17, 15) is 9.90 Å². The molecule has 0 bridgehead atoms. The predicted molar refractivity (Wildman–Crippen MR) is 103 cm³/mol. The lowest BCUT2D eigenvalue weighted by Crippen LogP contribution is -2.43. The van der Waals surface area contributed by atoms with Gasteiger partial charge in [0.05, 0.1) is 0 Å². The molecule has 2 N–H and O–H groups in total. The van der Waals surface area contributed by atoms with Gasteiger partial charge in [0.1, 0.15) is 5.75 Å². The number of phenolic OH excluding ortho intramolecular Hbond substituents is 1. The monoisotopic (exact) mass is 346 g/mol. The summed E-state index contributed by atoms with van der Waals surface area (Å²) in [6, 6.07) is 3.94. The van der Waals surface area contributed by atoms with Crippen molar-refractivity contribution in [2.75, 3.05) is 20.1 Å². The molecule has 1 fully saturated rings. The van der Waals surface area contributed by atoms with Gasteiger partial charge >= 0.3 is 0 Å². The first-order chi connectivity index (χ1) is 11.4. The number of piperidine rings is 1. The second-order valence-electron chi connectivity index (χ2n) is 9.47. The minimum Gasteiger partial charge on any atom is -0.507 e. The summed E-state index contributed by atoms with van der Waals surface area (Å²) in [5.41, 5.74) is 1.84. The van der Waals surface area contributed by atoms with Crippen LogP contribution in [0.25, 0.3) is 0 Å². The number of nitrogens with one attached hydrogen (secondary N) is 1. The number of benzene rings is 1. The second-order valence-corrected chi connectivity index (χ2v) is 9.47. The van der Waals surface area contributed by atoms with Crippen LogP contribution in [-0.2, 0) is 10.8 Å². The zero-order chi connectivity index (χ0) is 19.0. The van der Waals surface area contributed by atoms with Crippen molar-refractivity contribution in [2.24, 2.45) is 0 Å². The van der Waals surface area contributed by atoms with Gasteiger partial charge in [-0.3, -0.25) is 4.79 Å². The molecule has 0 spiro atoms. The highest BCUT2D eigenvalue weighted by Gasteiger charge is 2.28. The lowest BCUT2D eigenvalue weighted by molar-refractivity contribution is 0.0916. The topological polar surface area (TPSA) is 52.6 Å². The first-order valence-corrected chi connectivity index (χ1v) is 9.27. The van der Waals surface area contributed by atoms with Crippen LogP contribution in [0, 0.1) is 0 Å². The smallest absolute Gasteiger partial charge is 0.251 e. The van der Waals surface area contributed by atoms with Crippen LogP contribution >= 0.6 is 0 Å². The first kappa shape index (κ1) is 19.8. The van der Waals surface area contributed by atoms with Crippen LogP contribution in [0.2, 0.25) is 0 Å². The molecule has 1 saturated heterocycles. The highest BCUT2D eigenvalue weighted by molar-refractivity contribution is 5.95. The summed E-state index contributed by atoms with van der Waals surface area (Å²) < 4.78 is 0. The van der Waals surface area contributed by atoms with Crippen molar-refractivity contribution in [3.8, 4) is 5.75 Å². The highest BCUT2D eigenvalue weighted by atomic mass is 16.3. The third kappa shape index (κ3) is 4.75. The van der Waals surface area contributed by atoms with Gasteiger partial charge in [-0.25, -0.2) is 0 Å². The number of hydrogen-bond donors (Lipinski definition) is 2. The normalized spacial score (nSPS) is 17.6. The molecule has 0 saturated carbocycles. The van der Waals surface area contributed by atoms with Crippen molar-refractivity contribution in [3.63, 3.8) is 0 Å². The molecule has 0 aromatic heterocycles. The maximum Gasteiger partial charge on any atom is 0.251 e. The first-order valence-electron chi connectivity index (χ1n) is 9.27. The minimum absolute atomic E-state index is 0.0365. The van der Waals surface area contributed by atoms with E-state index < -0.39 is 0 Å². The van der Waals surface area contributed by atoms with Crippen molar-refractivity contribution in [1.29, 1.82) is 0 Å². The minimum atomic E-state index is -0.228. The molecular weight excluding hydrogens is 312 g/mol. The quantitative estimate of drug-likeness (QED) is 0.856. The summed E-state index contributed by atoms with van der Waals surface area (Å²) >= 11 is 0. The van der Waals surface area contributed by atoms with Gasteiger partial charge in [-0.15, -0.1) is 0 Å². The van der Waals surface area contributed by atoms with E-state index in [1.165, 1.54) is 0 Å². The lowest BCUT2D eigenvalue weighted by Gasteiger charge is -2.30. The van der Waals surface area contributed by atoms with Gasteiger partial charge in [0, 0.05) is 22.7 Å². The molecule has 0 radical (unpaired) electrons. The molecule has 140 valence electrons. The number of hydrogen-bond acceptors (Lipinski definition) is 3. The second kappa shape index (κ2) is 6.99. The number of amides is 1. The Balaban J connectivity index is 2.35. The van der Waals surface area contributed by atoms with E-state index in [0.717, 1.165) is 37.1 Å². The SMILES string of the molecule is CN1CCC(NC(=O)c2cc(C(C)(C)C)c(O)c(C(C)(C)C)c2)CC1. The molecule has 4 heteroatoms. The summed E-state index contributed by atoms with van der Waals surface area (Å²) in [5.74, 6) is 0.279. The number of aromatic hydroxyl groups is 1. The molecule has 4 nitrogen and oxygen atoms in total. The Labute approximate surface area is 152 Å². The highest BCUT2D eigenvalue weighted by Crippen LogP contribution is 2.39. The summed E-state index contributed by atoms with van der Waals surface area (Å²) in [6.07, 6.45) is 1.97. The van der Waals surface area contributed by atoms with Crippen LogP contribution in [0.4, 0.5) is 0 Å². The molecular formula is C21H34N2O2.